The molecule has 2 aromatic carbocycles. The predicted molar refractivity (Wildman–Crippen MR) is 148 cm³/mol. The maximum Gasteiger partial charge on any atom is 0.251 e. The first kappa shape index (κ1) is 23.4. The van der Waals surface area contributed by atoms with E-state index < -0.39 is 0 Å². The van der Waals surface area contributed by atoms with E-state index in [1.54, 1.807) is 0 Å². The van der Waals surface area contributed by atoms with E-state index in [-0.39, 0.29) is 11.3 Å². The Labute approximate surface area is 223 Å². The van der Waals surface area contributed by atoms with Crippen LogP contribution in [0.3, 0.4) is 0 Å². The highest BCUT2D eigenvalue weighted by molar-refractivity contribution is 6.01. The van der Waals surface area contributed by atoms with Crippen LogP contribution < -0.4 is 10.1 Å². The molecule has 3 saturated carbocycles. The monoisotopic (exact) mass is 506 g/mol. The first-order valence-electron chi connectivity index (χ1n) is 14.0. The molecule has 0 spiro atoms. The summed E-state index contributed by atoms with van der Waals surface area (Å²) < 4.78 is 6.40. The highest BCUT2D eigenvalue weighted by Crippen LogP contribution is 2.48. The van der Waals surface area contributed by atoms with Crippen molar-refractivity contribution in [2.75, 3.05) is 6.54 Å². The summed E-state index contributed by atoms with van der Waals surface area (Å²) in [7, 11) is 0. The lowest BCUT2D eigenvalue weighted by atomic mass is 9.78. The number of carbonyl (C=O) groups excluding carboxylic acids is 1. The number of carbonyl (C=O) groups is 1. The molecule has 2 unspecified atom stereocenters. The summed E-state index contributed by atoms with van der Waals surface area (Å²) in [4.78, 5) is 17.6. The maximum atomic E-state index is 13.1. The van der Waals surface area contributed by atoms with Gasteiger partial charge in [0.15, 0.2) is 0 Å². The zero-order valence-electron chi connectivity index (χ0n) is 21.8. The molecule has 7 rings (SSSR count). The van der Waals surface area contributed by atoms with Crippen molar-refractivity contribution >= 4 is 16.8 Å². The van der Waals surface area contributed by atoms with E-state index in [1.807, 2.05) is 36.5 Å². The standard InChI is InChI=1S/C32H34N4O2/c1-20-22-5-6-23(20)17-26(16-22)38-25-10-7-21(8-11-25)30-27-18-24(9-12-28(27)35-36-30)31(37)34-19-32(13-14-32)29-4-2-3-15-33-29/h2-4,7-12,15,18,20,22-23,26H,5-6,13-14,16-17,19H2,1H3,(H,34,37)(H,35,36). The maximum absolute atomic E-state index is 13.1. The number of nitrogens with zero attached hydrogens (tertiary/aromatic N) is 2. The number of pyridine rings is 1. The van der Waals surface area contributed by atoms with Crippen molar-refractivity contribution in [1.29, 1.82) is 0 Å². The first-order chi connectivity index (χ1) is 18.6. The van der Waals surface area contributed by atoms with Crippen molar-refractivity contribution in [3.63, 3.8) is 0 Å². The highest BCUT2D eigenvalue weighted by Gasteiger charge is 2.45. The van der Waals surface area contributed by atoms with Crippen LogP contribution in [-0.2, 0) is 5.41 Å². The van der Waals surface area contributed by atoms with E-state index in [0.717, 1.165) is 64.2 Å². The smallest absolute Gasteiger partial charge is 0.251 e. The molecule has 3 aliphatic rings. The number of rotatable bonds is 7. The number of aromatic nitrogens is 3. The molecule has 3 aliphatic carbocycles. The van der Waals surface area contributed by atoms with Crippen LogP contribution in [0, 0.1) is 17.8 Å². The van der Waals surface area contributed by atoms with E-state index >= 15 is 0 Å². The number of nitrogens with one attached hydrogen (secondary N) is 2. The van der Waals surface area contributed by atoms with Gasteiger partial charge in [0.05, 0.1) is 17.3 Å². The van der Waals surface area contributed by atoms with Gasteiger partial charge in [-0.05, 0) is 111 Å². The Hall–Kier alpha value is -3.67. The van der Waals surface area contributed by atoms with E-state index in [9.17, 15) is 4.79 Å². The van der Waals surface area contributed by atoms with Gasteiger partial charge in [0.25, 0.3) is 5.91 Å². The fourth-order valence-corrected chi connectivity index (χ4v) is 6.83. The van der Waals surface area contributed by atoms with Crippen LogP contribution in [0.15, 0.2) is 66.9 Å². The number of fused-ring (bicyclic) bond motifs is 3. The Morgan fingerprint density at radius 2 is 1.84 bits per heavy atom. The van der Waals surface area contributed by atoms with Gasteiger partial charge < -0.3 is 10.1 Å². The lowest BCUT2D eigenvalue weighted by molar-refractivity contribution is 0.0864. The number of benzene rings is 2. The predicted octanol–water partition coefficient (Wildman–Crippen LogP) is 6.29. The zero-order chi connectivity index (χ0) is 25.7. The van der Waals surface area contributed by atoms with Crippen LogP contribution in [0.25, 0.3) is 22.2 Å². The second kappa shape index (κ2) is 9.26. The van der Waals surface area contributed by atoms with Crippen molar-refractivity contribution < 1.29 is 9.53 Å². The summed E-state index contributed by atoms with van der Waals surface area (Å²) in [6, 6.07) is 20.0. The van der Waals surface area contributed by atoms with Crippen LogP contribution in [0.5, 0.6) is 5.75 Å². The fraction of sp³-hybridized carbons (Fsp3) is 0.406. The van der Waals surface area contributed by atoms with Gasteiger partial charge in [-0.15, -0.1) is 0 Å². The molecule has 0 radical (unpaired) electrons. The third kappa shape index (κ3) is 4.26. The largest absolute Gasteiger partial charge is 0.490 e. The second-order valence-corrected chi connectivity index (χ2v) is 11.7. The van der Waals surface area contributed by atoms with Crippen molar-refractivity contribution in [3.05, 3.63) is 78.1 Å². The number of ether oxygens (including phenoxy) is 1. The molecule has 38 heavy (non-hydrogen) atoms. The molecule has 1 amide bonds. The molecule has 2 aromatic heterocycles. The number of hydrogen-bond acceptors (Lipinski definition) is 4. The first-order valence-corrected chi connectivity index (χ1v) is 14.0. The van der Waals surface area contributed by atoms with E-state index in [2.05, 4.69) is 57.8 Å². The molecule has 2 heterocycles. The normalized spacial score (nSPS) is 25.3. The van der Waals surface area contributed by atoms with Crippen LogP contribution in [0.4, 0.5) is 0 Å². The topological polar surface area (TPSA) is 79.9 Å². The molecule has 0 aliphatic heterocycles. The Bertz CT molecular complexity index is 1440. The summed E-state index contributed by atoms with van der Waals surface area (Å²) in [5, 5.41) is 11.8. The van der Waals surface area contributed by atoms with Gasteiger partial charge in [0.1, 0.15) is 5.75 Å². The SMILES string of the molecule is CC1C2CCC1CC(Oc1ccc(-c3n[nH]c4ccc(C(=O)NCC5(c6ccccn6)CC5)cc34)cc1)C2. The summed E-state index contributed by atoms with van der Waals surface area (Å²) in [5.41, 5.74) is 4.43. The van der Waals surface area contributed by atoms with Gasteiger partial charge in [-0.2, -0.15) is 5.10 Å². The molecular weight excluding hydrogens is 472 g/mol. The summed E-state index contributed by atoms with van der Waals surface area (Å²) >= 11 is 0. The number of aromatic amines is 1. The van der Waals surface area contributed by atoms with Crippen LogP contribution in [0.2, 0.25) is 0 Å². The van der Waals surface area contributed by atoms with Crippen molar-refractivity contribution in [2.24, 2.45) is 17.8 Å². The summed E-state index contributed by atoms with van der Waals surface area (Å²) in [5.74, 6) is 3.36. The minimum absolute atomic E-state index is 0.0267. The molecule has 0 saturated heterocycles. The average molecular weight is 507 g/mol. The summed E-state index contributed by atoms with van der Waals surface area (Å²) in [6.07, 6.45) is 9.34. The minimum Gasteiger partial charge on any atom is -0.490 e. The van der Waals surface area contributed by atoms with Gasteiger partial charge in [-0.25, -0.2) is 0 Å². The van der Waals surface area contributed by atoms with Crippen LogP contribution in [-0.4, -0.2) is 33.7 Å². The lowest BCUT2D eigenvalue weighted by Crippen LogP contribution is -2.32. The second-order valence-electron chi connectivity index (χ2n) is 11.7. The van der Waals surface area contributed by atoms with E-state index in [4.69, 9.17) is 4.74 Å². The quantitative estimate of drug-likeness (QED) is 0.309. The van der Waals surface area contributed by atoms with Crippen LogP contribution in [0.1, 0.15) is 61.5 Å². The Kier molecular flexibility index (Phi) is 5.71. The fourth-order valence-electron chi connectivity index (χ4n) is 6.83. The number of H-pyrrole nitrogens is 1. The van der Waals surface area contributed by atoms with E-state index in [1.165, 1.54) is 25.7 Å². The molecule has 3 fully saturated rings. The number of hydrogen-bond donors (Lipinski definition) is 2. The Morgan fingerprint density at radius 1 is 1.05 bits per heavy atom. The molecule has 6 nitrogen and oxygen atoms in total. The van der Waals surface area contributed by atoms with E-state index in [0.29, 0.717) is 18.2 Å². The van der Waals surface area contributed by atoms with Crippen molar-refractivity contribution in [2.45, 2.75) is 57.0 Å². The highest BCUT2D eigenvalue weighted by atomic mass is 16.5. The molecule has 4 aromatic rings. The molecule has 2 N–H and O–H groups in total. The molecule has 2 bridgehead atoms. The van der Waals surface area contributed by atoms with Gasteiger partial charge in [-0.3, -0.25) is 14.9 Å². The van der Waals surface area contributed by atoms with Gasteiger partial charge in [-0.1, -0.05) is 13.0 Å². The number of amides is 1. The van der Waals surface area contributed by atoms with Gasteiger partial charge in [0.2, 0.25) is 0 Å². The summed E-state index contributed by atoms with van der Waals surface area (Å²) in [6.45, 7) is 3.02. The zero-order valence-corrected chi connectivity index (χ0v) is 21.8. The molecule has 194 valence electrons. The minimum atomic E-state index is -0.0687. The third-order valence-electron chi connectivity index (χ3n) is 9.43. The Morgan fingerprint density at radius 3 is 2.55 bits per heavy atom. The van der Waals surface area contributed by atoms with Crippen molar-refractivity contribution in [1.82, 2.24) is 20.5 Å². The van der Waals surface area contributed by atoms with Gasteiger partial charge in [0, 0.05) is 40.4 Å². The molecule has 6 heteroatoms. The van der Waals surface area contributed by atoms with Gasteiger partial charge >= 0.3 is 0 Å². The molecule has 2 atom stereocenters. The Balaban J connectivity index is 1.05. The van der Waals surface area contributed by atoms with Crippen molar-refractivity contribution in [3.8, 4) is 17.0 Å². The lowest BCUT2D eigenvalue weighted by Gasteiger charge is -2.33. The van der Waals surface area contributed by atoms with Crippen LogP contribution >= 0.6 is 0 Å². The average Bonchev–Trinajstić information content (AvgIpc) is 3.59. The third-order valence-corrected chi connectivity index (χ3v) is 9.43. The molecular formula is C32H34N4O2.